The van der Waals surface area contributed by atoms with Crippen molar-refractivity contribution in [2.24, 2.45) is 0 Å². The van der Waals surface area contributed by atoms with Gasteiger partial charge in [0.25, 0.3) is 0 Å². The van der Waals surface area contributed by atoms with Crippen molar-refractivity contribution in [3.05, 3.63) is 29.8 Å². The molecule has 6 heteroatoms. The Hall–Kier alpha value is -1.40. The Morgan fingerprint density at radius 3 is 2.53 bits per heavy atom. The molecular weight excluding hydrogens is 264 g/mol. The summed E-state index contributed by atoms with van der Waals surface area (Å²) in [4.78, 5) is 13.9. The van der Waals surface area contributed by atoms with Crippen LogP contribution < -0.4 is 5.73 Å². The number of carbonyl (C=O) groups is 1. The van der Waals surface area contributed by atoms with Crippen molar-refractivity contribution >= 4 is 22.5 Å². The summed E-state index contributed by atoms with van der Waals surface area (Å²) in [7, 11) is -0.668. The van der Waals surface area contributed by atoms with E-state index in [2.05, 4.69) is 4.90 Å². The van der Waals surface area contributed by atoms with Gasteiger partial charge in [-0.3, -0.25) is 9.11 Å². The molecule has 1 aromatic carbocycles. The van der Waals surface area contributed by atoms with E-state index in [9.17, 15) is 9.00 Å². The number of nitrogens with zero attached hydrogens (tertiary/aromatic N) is 1. The molecular formula is C13H18N2O3S. The number of benzene rings is 1. The number of ether oxygens (including phenoxy) is 1. The summed E-state index contributed by atoms with van der Waals surface area (Å²) in [5.74, 6) is 1.10. The molecule has 0 radical (unpaired) electrons. The number of hydrogen-bond donors (Lipinski definition) is 1. The molecule has 104 valence electrons. The van der Waals surface area contributed by atoms with Gasteiger partial charge in [0.05, 0.1) is 5.56 Å². The highest BCUT2D eigenvalue weighted by molar-refractivity contribution is 7.85. The lowest BCUT2D eigenvalue weighted by molar-refractivity contribution is 0.0466. The minimum Gasteiger partial charge on any atom is -0.461 e. The third-order valence-corrected chi connectivity index (χ3v) is 4.33. The second-order valence-electron chi connectivity index (χ2n) is 4.45. The SMILES string of the molecule is Nc1ccc(C(=O)OCCN2CCS(=O)CC2)cc1. The van der Waals surface area contributed by atoms with Gasteiger partial charge in [-0.2, -0.15) is 0 Å². The number of rotatable bonds is 4. The largest absolute Gasteiger partial charge is 0.461 e. The number of nitrogens with two attached hydrogens (primary N) is 1. The van der Waals surface area contributed by atoms with Gasteiger partial charge in [0.1, 0.15) is 6.61 Å². The first-order valence-electron chi connectivity index (χ1n) is 6.25. The summed E-state index contributed by atoms with van der Waals surface area (Å²) in [6, 6.07) is 6.66. The van der Waals surface area contributed by atoms with Gasteiger partial charge >= 0.3 is 5.97 Å². The van der Waals surface area contributed by atoms with Crippen LogP contribution in [0.25, 0.3) is 0 Å². The first-order valence-corrected chi connectivity index (χ1v) is 7.74. The summed E-state index contributed by atoms with van der Waals surface area (Å²) in [5.41, 5.74) is 6.68. The van der Waals surface area contributed by atoms with Crippen LogP contribution in [0.2, 0.25) is 0 Å². The fraction of sp³-hybridized carbons (Fsp3) is 0.462. The molecule has 0 spiro atoms. The molecule has 1 aliphatic rings. The number of hydrogen-bond acceptors (Lipinski definition) is 5. The predicted molar refractivity (Wildman–Crippen MR) is 75.5 cm³/mol. The first-order chi connectivity index (χ1) is 9.15. The average molecular weight is 282 g/mol. The van der Waals surface area contributed by atoms with E-state index in [4.69, 9.17) is 10.5 Å². The van der Waals surface area contributed by atoms with E-state index in [0.29, 0.717) is 35.9 Å². The second kappa shape index (κ2) is 6.68. The Kier molecular flexibility index (Phi) is 4.93. The zero-order valence-electron chi connectivity index (χ0n) is 10.7. The molecule has 0 atom stereocenters. The van der Waals surface area contributed by atoms with Crippen molar-refractivity contribution in [3.63, 3.8) is 0 Å². The van der Waals surface area contributed by atoms with Gasteiger partial charge in [-0.1, -0.05) is 0 Å². The smallest absolute Gasteiger partial charge is 0.338 e. The molecule has 19 heavy (non-hydrogen) atoms. The maximum Gasteiger partial charge on any atom is 0.338 e. The van der Waals surface area contributed by atoms with E-state index in [1.807, 2.05) is 0 Å². The molecule has 1 fully saturated rings. The van der Waals surface area contributed by atoms with Crippen molar-refractivity contribution in [1.82, 2.24) is 4.90 Å². The van der Waals surface area contributed by atoms with Crippen LogP contribution in [-0.4, -0.2) is 52.8 Å². The van der Waals surface area contributed by atoms with E-state index < -0.39 is 10.8 Å². The standard InChI is InChI=1S/C13H18N2O3S/c14-12-3-1-11(2-4-12)13(16)18-8-5-15-6-9-19(17)10-7-15/h1-4H,5-10,14H2. The highest BCUT2D eigenvalue weighted by Crippen LogP contribution is 2.07. The lowest BCUT2D eigenvalue weighted by Crippen LogP contribution is -2.39. The van der Waals surface area contributed by atoms with Gasteiger partial charge in [0, 0.05) is 47.6 Å². The Morgan fingerprint density at radius 2 is 1.89 bits per heavy atom. The van der Waals surface area contributed by atoms with Crippen LogP contribution >= 0.6 is 0 Å². The molecule has 5 nitrogen and oxygen atoms in total. The third-order valence-electron chi connectivity index (χ3n) is 3.06. The Morgan fingerprint density at radius 1 is 1.26 bits per heavy atom. The molecule has 1 heterocycles. The van der Waals surface area contributed by atoms with E-state index in [0.717, 1.165) is 13.1 Å². The Balaban J connectivity index is 1.72. The Bertz CT molecular complexity index is 451. The zero-order chi connectivity index (χ0) is 13.7. The maximum absolute atomic E-state index is 11.7. The molecule has 1 aromatic rings. The van der Waals surface area contributed by atoms with Gasteiger partial charge in [0.2, 0.25) is 0 Å². The van der Waals surface area contributed by atoms with E-state index >= 15 is 0 Å². The molecule has 0 aromatic heterocycles. The quantitative estimate of drug-likeness (QED) is 0.643. The third kappa shape index (κ3) is 4.33. The van der Waals surface area contributed by atoms with E-state index in [-0.39, 0.29) is 5.97 Å². The summed E-state index contributed by atoms with van der Waals surface area (Å²) in [6.07, 6.45) is 0. The molecule has 0 saturated carbocycles. The highest BCUT2D eigenvalue weighted by Gasteiger charge is 2.15. The van der Waals surface area contributed by atoms with Crippen molar-refractivity contribution in [2.75, 3.05) is 43.5 Å². The van der Waals surface area contributed by atoms with Crippen molar-refractivity contribution < 1.29 is 13.7 Å². The minimum atomic E-state index is -0.668. The molecule has 2 N–H and O–H groups in total. The molecule has 0 amide bonds. The first kappa shape index (κ1) is 14.0. The van der Waals surface area contributed by atoms with Crippen LogP contribution in [0.1, 0.15) is 10.4 Å². The predicted octanol–water partition coefficient (Wildman–Crippen LogP) is 0.490. The van der Waals surface area contributed by atoms with Gasteiger partial charge < -0.3 is 10.5 Å². The van der Waals surface area contributed by atoms with E-state index in [1.54, 1.807) is 24.3 Å². The summed E-state index contributed by atoms with van der Waals surface area (Å²) >= 11 is 0. The molecule has 0 unspecified atom stereocenters. The van der Waals surface area contributed by atoms with E-state index in [1.165, 1.54) is 0 Å². The topological polar surface area (TPSA) is 72.6 Å². The highest BCUT2D eigenvalue weighted by atomic mass is 32.2. The van der Waals surface area contributed by atoms with Crippen LogP contribution in [-0.2, 0) is 15.5 Å². The molecule has 1 aliphatic heterocycles. The number of nitrogen functional groups attached to an aromatic ring is 1. The van der Waals surface area contributed by atoms with Crippen LogP contribution in [0, 0.1) is 0 Å². The van der Waals surface area contributed by atoms with Crippen LogP contribution in [0.4, 0.5) is 5.69 Å². The maximum atomic E-state index is 11.7. The Labute approximate surface area is 115 Å². The summed E-state index contributed by atoms with van der Waals surface area (Å²) in [5, 5.41) is 0. The molecule has 0 aliphatic carbocycles. The average Bonchev–Trinajstić information content (AvgIpc) is 2.41. The normalized spacial score (nSPS) is 17.3. The van der Waals surface area contributed by atoms with Crippen molar-refractivity contribution in [1.29, 1.82) is 0 Å². The van der Waals surface area contributed by atoms with Gasteiger partial charge in [0.15, 0.2) is 0 Å². The van der Waals surface area contributed by atoms with Crippen LogP contribution in [0.15, 0.2) is 24.3 Å². The number of esters is 1. The summed E-state index contributed by atoms with van der Waals surface area (Å²) < 4.78 is 16.4. The molecule has 1 saturated heterocycles. The van der Waals surface area contributed by atoms with Gasteiger partial charge in [-0.05, 0) is 24.3 Å². The molecule has 2 rings (SSSR count). The van der Waals surface area contributed by atoms with Crippen molar-refractivity contribution in [3.8, 4) is 0 Å². The fourth-order valence-corrected chi connectivity index (χ4v) is 3.00. The fourth-order valence-electron chi connectivity index (χ4n) is 1.87. The minimum absolute atomic E-state index is 0.333. The van der Waals surface area contributed by atoms with Crippen LogP contribution in [0.3, 0.4) is 0 Å². The number of anilines is 1. The lowest BCUT2D eigenvalue weighted by Gasteiger charge is -2.25. The summed E-state index contributed by atoms with van der Waals surface area (Å²) in [6.45, 7) is 2.67. The second-order valence-corrected chi connectivity index (χ2v) is 6.14. The van der Waals surface area contributed by atoms with Gasteiger partial charge in [-0.25, -0.2) is 4.79 Å². The zero-order valence-corrected chi connectivity index (χ0v) is 11.5. The van der Waals surface area contributed by atoms with Gasteiger partial charge in [-0.15, -0.1) is 0 Å². The molecule has 0 bridgehead atoms. The monoisotopic (exact) mass is 282 g/mol. The number of carbonyl (C=O) groups excluding carboxylic acids is 1. The lowest BCUT2D eigenvalue weighted by atomic mass is 10.2. The van der Waals surface area contributed by atoms with Crippen molar-refractivity contribution in [2.45, 2.75) is 0 Å². The van der Waals surface area contributed by atoms with Crippen LogP contribution in [0.5, 0.6) is 0 Å².